The number of carbonyl (C=O) groups excluding carboxylic acids is 4. The standard InChI is InChI=1S/C31H54N6O4/c1-26(2)18-30(19-27(3,4)34(26)9)22(38)36(24(40)32-30)16-14-12-11-13-15-17-37-23(39)31(33-25(37)41)20-28(5,6)35(10)29(7,8)21-31/h11-21H2,1-10H3,(H,32,40)(H,33,41). The summed E-state index contributed by atoms with van der Waals surface area (Å²) in [4.78, 5) is 60.2. The van der Waals surface area contributed by atoms with Gasteiger partial charge < -0.3 is 10.6 Å². The van der Waals surface area contributed by atoms with Gasteiger partial charge in [-0.2, -0.15) is 0 Å². The minimum atomic E-state index is -0.838. The zero-order valence-electron chi connectivity index (χ0n) is 27.2. The van der Waals surface area contributed by atoms with Gasteiger partial charge in [0.1, 0.15) is 11.1 Å². The van der Waals surface area contributed by atoms with E-state index >= 15 is 0 Å². The SMILES string of the molecule is CN1C(C)(C)CC2(CC1(C)C)NC(=O)N(CCCCCCCN1C(=O)NC3(CC(C)(C)N(C)C(C)(C)C3)C1=O)C2=O. The maximum atomic E-state index is 13.5. The van der Waals surface area contributed by atoms with E-state index in [1.165, 1.54) is 9.80 Å². The molecule has 10 nitrogen and oxygen atoms in total. The Bertz CT molecular complexity index is 976. The highest BCUT2D eigenvalue weighted by Crippen LogP contribution is 2.46. The quantitative estimate of drug-likeness (QED) is 0.334. The Morgan fingerprint density at radius 3 is 1.07 bits per heavy atom. The second-order valence-electron chi connectivity index (χ2n) is 15.8. The molecule has 0 aromatic rings. The number of likely N-dealkylation sites (tertiary alicyclic amines) is 2. The van der Waals surface area contributed by atoms with Crippen molar-refractivity contribution in [2.45, 2.75) is 146 Å². The smallest absolute Gasteiger partial charge is 0.323 e. The summed E-state index contributed by atoms with van der Waals surface area (Å²) in [5.41, 5.74) is -2.53. The number of rotatable bonds is 8. The van der Waals surface area contributed by atoms with Crippen LogP contribution in [0.15, 0.2) is 0 Å². The molecule has 4 aliphatic rings. The molecule has 232 valence electrons. The maximum absolute atomic E-state index is 13.5. The number of nitrogens with one attached hydrogen (secondary N) is 2. The van der Waals surface area contributed by atoms with Crippen molar-refractivity contribution in [3.05, 3.63) is 0 Å². The topological polar surface area (TPSA) is 105 Å². The van der Waals surface area contributed by atoms with Crippen molar-refractivity contribution in [2.75, 3.05) is 27.2 Å². The highest BCUT2D eigenvalue weighted by molar-refractivity contribution is 6.08. The molecule has 0 aromatic carbocycles. The van der Waals surface area contributed by atoms with Crippen molar-refractivity contribution >= 4 is 23.9 Å². The van der Waals surface area contributed by atoms with Crippen LogP contribution in [-0.2, 0) is 9.59 Å². The van der Waals surface area contributed by atoms with Crippen molar-refractivity contribution in [3.8, 4) is 0 Å². The number of amides is 6. The molecule has 4 fully saturated rings. The van der Waals surface area contributed by atoms with Crippen LogP contribution in [0.3, 0.4) is 0 Å². The predicted molar refractivity (Wildman–Crippen MR) is 159 cm³/mol. The first-order valence-electron chi connectivity index (χ1n) is 15.5. The van der Waals surface area contributed by atoms with Gasteiger partial charge in [0, 0.05) is 35.2 Å². The Kier molecular flexibility index (Phi) is 7.90. The van der Waals surface area contributed by atoms with Crippen LogP contribution < -0.4 is 10.6 Å². The number of hydrogen-bond donors (Lipinski definition) is 2. The molecule has 0 atom stereocenters. The van der Waals surface area contributed by atoms with Crippen LogP contribution in [0.5, 0.6) is 0 Å². The first-order chi connectivity index (χ1) is 18.7. The van der Waals surface area contributed by atoms with E-state index in [-0.39, 0.29) is 46.0 Å². The normalized spacial score (nSPS) is 28.0. The molecule has 0 radical (unpaired) electrons. The Morgan fingerprint density at radius 1 is 0.512 bits per heavy atom. The van der Waals surface area contributed by atoms with Gasteiger partial charge in [0.05, 0.1) is 0 Å². The van der Waals surface area contributed by atoms with Crippen molar-refractivity contribution in [2.24, 2.45) is 0 Å². The van der Waals surface area contributed by atoms with E-state index in [0.29, 0.717) is 38.8 Å². The Balaban J connectivity index is 1.23. The van der Waals surface area contributed by atoms with E-state index in [4.69, 9.17) is 0 Å². The second kappa shape index (κ2) is 10.2. The van der Waals surface area contributed by atoms with Crippen LogP contribution in [-0.4, -0.2) is 104 Å². The van der Waals surface area contributed by atoms with Gasteiger partial charge in [-0.25, -0.2) is 9.59 Å². The van der Waals surface area contributed by atoms with Crippen molar-refractivity contribution in [1.82, 2.24) is 30.2 Å². The molecule has 0 aliphatic carbocycles. The molecule has 4 heterocycles. The van der Waals surface area contributed by atoms with Gasteiger partial charge in [0.2, 0.25) is 0 Å². The molecular weight excluding hydrogens is 520 g/mol. The van der Waals surface area contributed by atoms with Crippen molar-refractivity contribution in [3.63, 3.8) is 0 Å². The van der Waals surface area contributed by atoms with Gasteiger partial charge >= 0.3 is 12.1 Å². The van der Waals surface area contributed by atoms with Gasteiger partial charge in [0.25, 0.3) is 11.8 Å². The molecule has 0 aromatic heterocycles. The van der Waals surface area contributed by atoms with E-state index < -0.39 is 11.1 Å². The van der Waals surface area contributed by atoms with E-state index in [1.54, 1.807) is 0 Å². The number of piperidine rings is 2. The van der Waals surface area contributed by atoms with E-state index in [9.17, 15) is 19.2 Å². The van der Waals surface area contributed by atoms with Crippen LogP contribution in [0.2, 0.25) is 0 Å². The highest BCUT2D eigenvalue weighted by atomic mass is 16.2. The summed E-state index contributed by atoms with van der Waals surface area (Å²) in [7, 11) is 4.18. The molecular formula is C31H54N6O4. The average Bonchev–Trinajstić information content (AvgIpc) is 3.17. The largest absolute Gasteiger partial charge is 0.325 e. The number of carbonyl (C=O) groups is 4. The lowest BCUT2D eigenvalue weighted by molar-refractivity contribution is -0.139. The van der Waals surface area contributed by atoms with E-state index in [0.717, 1.165) is 32.1 Å². The zero-order valence-corrected chi connectivity index (χ0v) is 27.2. The molecule has 0 saturated carbocycles. The van der Waals surface area contributed by atoms with Gasteiger partial charge in [-0.15, -0.1) is 0 Å². The minimum absolute atomic E-state index is 0.0931. The fourth-order valence-corrected chi connectivity index (χ4v) is 8.50. The lowest BCUT2D eigenvalue weighted by Crippen LogP contribution is -2.68. The summed E-state index contributed by atoms with van der Waals surface area (Å²) in [5.74, 6) is -0.186. The molecule has 4 rings (SSSR count). The average molecular weight is 575 g/mol. The van der Waals surface area contributed by atoms with Crippen LogP contribution in [0.1, 0.15) is 113 Å². The second-order valence-corrected chi connectivity index (χ2v) is 15.8. The molecule has 10 heteroatoms. The molecule has 0 unspecified atom stereocenters. The molecule has 0 bridgehead atoms. The Labute approximate surface area is 246 Å². The highest BCUT2D eigenvalue weighted by Gasteiger charge is 2.61. The summed E-state index contributed by atoms with van der Waals surface area (Å²) in [6.45, 7) is 17.9. The first-order valence-corrected chi connectivity index (χ1v) is 15.5. The molecule has 4 saturated heterocycles. The molecule has 6 amide bonds. The van der Waals surface area contributed by atoms with Crippen LogP contribution in [0.25, 0.3) is 0 Å². The summed E-state index contributed by atoms with van der Waals surface area (Å²) in [6.07, 6.45) is 6.53. The predicted octanol–water partition coefficient (Wildman–Crippen LogP) is 4.08. The number of unbranched alkanes of at least 4 members (excludes halogenated alkanes) is 4. The minimum Gasteiger partial charge on any atom is -0.323 e. The maximum Gasteiger partial charge on any atom is 0.325 e. The lowest BCUT2D eigenvalue weighted by Gasteiger charge is -2.56. The van der Waals surface area contributed by atoms with Crippen molar-refractivity contribution < 1.29 is 19.2 Å². The molecule has 2 N–H and O–H groups in total. The number of nitrogens with zero attached hydrogens (tertiary/aromatic N) is 4. The van der Waals surface area contributed by atoms with Gasteiger partial charge in [-0.05, 0) is 108 Å². The van der Waals surface area contributed by atoms with Crippen LogP contribution >= 0.6 is 0 Å². The number of imide groups is 2. The van der Waals surface area contributed by atoms with E-state index in [1.807, 2.05) is 0 Å². The summed E-state index contributed by atoms with van der Waals surface area (Å²) >= 11 is 0. The fourth-order valence-electron chi connectivity index (χ4n) is 8.50. The summed E-state index contributed by atoms with van der Waals surface area (Å²) in [6, 6.07) is -0.558. The third kappa shape index (κ3) is 5.51. The van der Waals surface area contributed by atoms with E-state index in [2.05, 4.69) is 89.9 Å². The Morgan fingerprint density at radius 2 is 0.780 bits per heavy atom. The van der Waals surface area contributed by atoms with Crippen LogP contribution in [0.4, 0.5) is 9.59 Å². The van der Waals surface area contributed by atoms with Crippen LogP contribution in [0, 0.1) is 0 Å². The monoisotopic (exact) mass is 574 g/mol. The van der Waals surface area contributed by atoms with Gasteiger partial charge in [-0.3, -0.25) is 29.2 Å². The lowest BCUT2D eigenvalue weighted by atomic mass is 9.69. The third-order valence-corrected chi connectivity index (χ3v) is 10.8. The third-order valence-electron chi connectivity index (χ3n) is 10.8. The van der Waals surface area contributed by atoms with Gasteiger partial charge in [-0.1, -0.05) is 19.3 Å². The fraction of sp³-hybridized carbons (Fsp3) is 0.871. The van der Waals surface area contributed by atoms with Crippen molar-refractivity contribution in [1.29, 1.82) is 0 Å². The number of hydrogen-bond acceptors (Lipinski definition) is 6. The van der Waals surface area contributed by atoms with Gasteiger partial charge in [0.15, 0.2) is 0 Å². The zero-order chi connectivity index (χ0) is 30.8. The molecule has 4 aliphatic heterocycles. The first kappa shape index (κ1) is 31.7. The summed E-state index contributed by atoms with van der Waals surface area (Å²) < 4.78 is 0. The molecule has 2 spiro atoms. The molecule has 41 heavy (non-hydrogen) atoms. The number of urea groups is 2. The Hall–Kier alpha value is -2.20. The summed E-state index contributed by atoms with van der Waals surface area (Å²) in [5, 5.41) is 6.14.